The average molecular weight is 503 g/mol. The monoisotopic (exact) mass is 502 g/mol. The zero-order chi connectivity index (χ0) is 24.4. The molecule has 2 aliphatic rings. The third-order valence-electron chi connectivity index (χ3n) is 5.18. The number of thioether (sulfide) groups is 1. The number of hydrogen-bond acceptors (Lipinski definition) is 7. The van der Waals surface area contributed by atoms with Crippen molar-refractivity contribution in [1.82, 2.24) is 0 Å². The van der Waals surface area contributed by atoms with Crippen LogP contribution in [0.3, 0.4) is 0 Å². The summed E-state index contributed by atoms with van der Waals surface area (Å²) in [5.74, 6) is -0.895. The van der Waals surface area contributed by atoms with Crippen molar-refractivity contribution in [3.8, 4) is 0 Å². The first-order valence-electron chi connectivity index (χ1n) is 10.8. The molecule has 1 amide bonds. The highest BCUT2D eigenvalue weighted by Gasteiger charge is 2.40. The molecule has 0 aromatic heterocycles. The van der Waals surface area contributed by atoms with Crippen molar-refractivity contribution in [3.05, 3.63) is 106 Å². The molecule has 0 unspecified atom stereocenters. The third-order valence-corrected chi connectivity index (χ3v) is 6.43. The molecule has 35 heavy (non-hydrogen) atoms. The van der Waals surface area contributed by atoms with Crippen LogP contribution in [0, 0.1) is 0 Å². The maximum Gasteiger partial charge on any atom is 0.365 e. The Morgan fingerprint density at radius 1 is 0.914 bits per heavy atom. The van der Waals surface area contributed by atoms with Crippen LogP contribution < -0.4 is 10.0 Å². The van der Waals surface area contributed by atoms with Crippen LogP contribution in [0.1, 0.15) is 12.5 Å². The molecule has 0 aliphatic carbocycles. The lowest BCUT2D eigenvalue weighted by Crippen LogP contribution is -2.24. The van der Waals surface area contributed by atoms with Crippen molar-refractivity contribution in [2.75, 3.05) is 16.6 Å². The maximum absolute atomic E-state index is 13.8. The van der Waals surface area contributed by atoms with E-state index in [4.69, 9.17) is 21.4 Å². The number of hydrazone groups is 2. The molecule has 2 heterocycles. The van der Waals surface area contributed by atoms with Gasteiger partial charge in [-0.05, 0) is 49.0 Å². The second kappa shape index (κ2) is 9.77. The fourth-order valence-electron chi connectivity index (χ4n) is 3.64. The van der Waals surface area contributed by atoms with Gasteiger partial charge in [-0.3, -0.25) is 4.79 Å². The van der Waals surface area contributed by atoms with Gasteiger partial charge in [-0.2, -0.15) is 15.2 Å². The van der Waals surface area contributed by atoms with Gasteiger partial charge in [-0.1, -0.05) is 66.2 Å². The maximum atomic E-state index is 13.8. The van der Waals surface area contributed by atoms with Crippen LogP contribution in [0.2, 0.25) is 5.02 Å². The Labute approximate surface area is 211 Å². The summed E-state index contributed by atoms with van der Waals surface area (Å²) in [6, 6.07) is 25.7. The number of para-hydroxylation sites is 1. The van der Waals surface area contributed by atoms with Crippen molar-refractivity contribution in [1.29, 1.82) is 0 Å². The van der Waals surface area contributed by atoms with Crippen LogP contribution in [0.15, 0.2) is 106 Å². The van der Waals surface area contributed by atoms with Crippen molar-refractivity contribution in [3.63, 3.8) is 0 Å². The van der Waals surface area contributed by atoms with Crippen molar-refractivity contribution >= 4 is 57.4 Å². The van der Waals surface area contributed by atoms with Gasteiger partial charge in [0.1, 0.15) is 16.3 Å². The first kappa shape index (κ1) is 22.9. The summed E-state index contributed by atoms with van der Waals surface area (Å²) in [5, 5.41) is 13.2. The second-order valence-electron chi connectivity index (χ2n) is 7.47. The highest BCUT2D eigenvalue weighted by atomic mass is 35.5. The topological polar surface area (TPSA) is 74.6 Å². The number of hydrogen-bond donors (Lipinski definition) is 0. The SMILES string of the molecule is CCOC(=O)C1=NN(c2cccc(Cl)c2)/C(=C2\C(=O)N(c3ccccc3)N=C2c2ccccc2)S1. The number of nitrogens with zero attached hydrogens (tertiary/aromatic N) is 4. The van der Waals surface area contributed by atoms with Crippen LogP contribution in [-0.4, -0.2) is 29.2 Å². The van der Waals surface area contributed by atoms with Crippen LogP contribution >= 0.6 is 23.4 Å². The molecule has 0 N–H and O–H groups in total. The quantitative estimate of drug-likeness (QED) is 0.343. The number of anilines is 2. The molecule has 2 aliphatic heterocycles. The first-order chi connectivity index (χ1) is 17.1. The highest BCUT2D eigenvalue weighted by molar-refractivity contribution is 8.19. The van der Waals surface area contributed by atoms with E-state index in [9.17, 15) is 9.59 Å². The Morgan fingerprint density at radius 2 is 1.60 bits per heavy atom. The number of halogens is 1. The lowest BCUT2D eigenvalue weighted by molar-refractivity contribution is -0.134. The van der Waals surface area contributed by atoms with Gasteiger partial charge in [-0.15, -0.1) is 0 Å². The molecule has 0 fully saturated rings. The molecule has 0 saturated heterocycles. The van der Waals surface area contributed by atoms with E-state index in [1.165, 1.54) is 5.01 Å². The second-order valence-corrected chi connectivity index (χ2v) is 8.88. The Morgan fingerprint density at radius 3 is 2.29 bits per heavy atom. The molecule has 0 spiro atoms. The van der Waals surface area contributed by atoms with E-state index in [1.54, 1.807) is 36.2 Å². The Hall–Kier alpha value is -3.88. The predicted molar refractivity (Wildman–Crippen MR) is 140 cm³/mol. The predicted octanol–water partition coefficient (Wildman–Crippen LogP) is 5.43. The van der Waals surface area contributed by atoms with Gasteiger partial charge in [0.05, 0.1) is 18.0 Å². The summed E-state index contributed by atoms with van der Waals surface area (Å²) in [4.78, 5) is 26.4. The molecule has 3 aromatic carbocycles. The van der Waals surface area contributed by atoms with Gasteiger partial charge >= 0.3 is 5.97 Å². The van der Waals surface area contributed by atoms with Crippen LogP contribution in [-0.2, 0) is 14.3 Å². The number of carbonyl (C=O) groups is 2. The Bertz CT molecular complexity index is 1390. The normalized spacial score (nSPS) is 17.5. The van der Waals surface area contributed by atoms with E-state index in [0.29, 0.717) is 32.7 Å². The molecular weight excluding hydrogens is 484 g/mol. The minimum atomic E-state index is -0.566. The smallest absolute Gasteiger partial charge is 0.365 e. The first-order valence-corrected chi connectivity index (χ1v) is 12.0. The molecule has 174 valence electrons. The average Bonchev–Trinajstić information content (AvgIpc) is 3.47. The molecule has 0 saturated carbocycles. The van der Waals surface area contributed by atoms with Gasteiger partial charge in [0, 0.05) is 10.6 Å². The molecule has 3 aromatic rings. The molecule has 5 rings (SSSR count). The summed E-state index contributed by atoms with van der Waals surface area (Å²) in [6.45, 7) is 1.93. The molecule has 0 radical (unpaired) electrons. The summed E-state index contributed by atoms with van der Waals surface area (Å²) in [6.07, 6.45) is 0. The van der Waals surface area contributed by atoms with E-state index in [-0.39, 0.29) is 17.6 Å². The molecule has 0 atom stereocenters. The van der Waals surface area contributed by atoms with Gasteiger partial charge in [-0.25, -0.2) is 9.80 Å². The zero-order valence-electron chi connectivity index (χ0n) is 18.6. The van der Waals surface area contributed by atoms with Gasteiger partial charge in [0.25, 0.3) is 5.91 Å². The molecule has 9 heteroatoms. The minimum Gasteiger partial charge on any atom is -0.461 e. The Kier molecular flexibility index (Phi) is 6.39. The van der Waals surface area contributed by atoms with Crippen LogP contribution in [0.25, 0.3) is 0 Å². The number of ether oxygens (including phenoxy) is 1. The summed E-state index contributed by atoms with van der Waals surface area (Å²) < 4.78 is 5.18. The van der Waals surface area contributed by atoms with Gasteiger partial charge in [0.2, 0.25) is 5.04 Å². The van der Waals surface area contributed by atoms with E-state index in [2.05, 4.69) is 5.10 Å². The number of rotatable bonds is 5. The van der Waals surface area contributed by atoms with Crippen LogP contribution in [0.4, 0.5) is 11.4 Å². The van der Waals surface area contributed by atoms with Crippen molar-refractivity contribution < 1.29 is 14.3 Å². The van der Waals surface area contributed by atoms with E-state index >= 15 is 0 Å². The molecule has 7 nitrogen and oxygen atoms in total. The molecular formula is C26H19ClN4O3S. The van der Waals surface area contributed by atoms with E-state index in [1.807, 2.05) is 60.7 Å². The summed E-state index contributed by atoms with van der Waals surface area (Å²) in [7, 11) is 0. The Balaban J connectivity index is 1.69. The number of amides is 1. The number of esters is 1. The summed E-state index contributed by atoms with van der Waals surface area (Å²) >= 11 is 7.32. The lowest BCUT2D eigenvalue weighted by Gasteiger charge is -2.18. The highest BCUT2D eigenvalue weighted by Crippen LogP contribution is 2.41. The fourth-order valence-corrected chi connectivity index (χ4v) is 4.80. The van der Waals surface area contributed by atoms with Crippen molar-refractivity contribution in [2.45, 2.75) is 6.92 Å². The largest absolute Gasteiger partial charge is 0.461 e. The third kappa shape index (κ3) is 4.45. The van der Waals surface area contributed by atoms with Gasteiger partial charge < -0.3 is 4.74 Å². The van der Waals surface area contributed by atoms with E-state index < -0.39 is 5.97 Å². The van der Waals surface area contributed by atoms with Gasteiger partial charge in [0.15, 0.2) is 0 Å². The lowest BCUT2D eigenvalue weighted by atomic mass is 10.0. The fraction of sp³-hybridized carbons (Fsp3) is 0.0769. The molecule has 0 bridgehead atoms. The number of benzene rings is 3. The van der Waals surface area contributed by atoms with Crippen molar-refractivity contribution in [2.24, 2.45) is 10.2 Å². The standard InChI is InChI=1S/C26H19ClN4O3S/c1-2-34-26(33)23-29-31(20-15-9-12-18(27)16-20)25(35-23)21-22(17-10-5-3-6-11-17)28-30(24(21)32)19-13-7-4-8-14-19/h3-16H,2H2,1H3/b25-21+. The number of carbonyl (C=O) groups excluding carboxylic acids is 2. The van der Waals surface area contributed by atoms with E-state index in [0.717, 1.165) is 17.3 Å². The minimum absolute atomic E-state index is 0.118. The summed E-state index contributed by atoms with van der Waals surface area (Å²) in [5.41, 5.74) is 2.80. The zero-order valence-corrected chi connectivity index (χ0v) is 20.2. The van der Waals surface area contributed by atoms with Crippen LogP contribution in [0.5, 0.6) is 0 Å².